The maximum atomic E-state index is 5.96. The number of aromatic nitrogens is 2. The molecule has 0 aliphatic heterocycles. The van der Waals surface area contributed by atoms with Gasteiger partial charge in [-0.2, -0.15) is 16.4 Å². The molecule has 0 radical (unpaired) electrons. The van der Waals surface area contributed by atoms with Crippen LogP contribution in [0.5, 0.6) is 0 Å². The van der Waals surface area contributed by atoms with Crippen LogP contribution in [0.4, 0.5) is 0 Å². The zero-order valence-corrected chi connectivity index (χ0v) is 10.5. The van der Waals surface area contributed by atoms with Crippen LogP contribution in [0.15, 0.2) is 23.0 Å². The Kier molecular flexibility index (Phi) is 2.74. The monoisotopic (exact) mass is 252 g/mol. The van der Waals surface area contributed by atoms with E-state index >= 15 is 0 Å². The number of rotatable bonds is 4. The molecule has 0 N–H and O–H groups in total. The summed E-state index contributed by atoms with van der Waals surface area (Å²) in [5.74, 6) is 1.38. The Labute approximate surface area is 104 Å². The molecule has 1 aliphatic rings. The number of nitrogens with zero attached hydrogens (tertiary/aromatic N) is 2. The number of hydrogen-bond donors (Lipinski definition) is 0. The predicted molar refractivity (Wildman–Crippen MR) is 67.8 cm³/mol. The van der Waals surface area contributed by atoms with Gasteiger partial charge in [0.25, 0.3) is 0 Å². The molecule has 2 nitrogen and oxygen atoms in total. The van der Waals surface area contributed by atoms with Crippen molar-refractivity contribution in [3.63, 3.8) is 0 Å². The van der Waals surface area contributed by atoms with E-state index in [2.05, 4.69) is 32.8 Å². The minimum Gasteiger partial charge on any atom is -0.272 e. The van der Waals surface area contributed by atoms with Crippen molar-refractivity contribution in [2.24, 2.45) is 5.92 Å². The smallest absolute Gasteiger partial charge is 0.0975 e. The highest BCUT2D eigenvalue weighted by atomic mass is 35.5. The zero-order valence-electron chi connectivity index (χ0n) is 8.90. The van der Waals surface area contributed by atoms with Gasteiger partial charge in [0.1, 0.15) is 0 Å². The van der Waals surface area contributed by atoms with Gasteiger partial charge in [-0.25, -0.2) is 0 Å². The molecule has 2 aromatic rings. The second-order valence-electron chi connectivity index (χ2n) is 4.31. The van der Waals surface area contributed by atoms with Gasteiger partial charge in [-0.1, -0.05) is 0 Å². The molecule has 0 atom stereocenters. The molecule has 1 fully saturated rings. The fourth-order valence-corrected chi connectivity index (χ4v) is 2.70. The quantitative estimate of drug-likeness (QED) is 0.758. The van der Waals surface area contributed by atoms with Crippen LogP contribution in [0.25, 0.3) is 11.3 Å². The molecule has 84 valence electrons. The summed E-state index contributed by atoms with van der Waals surface area (Å²) in [6.45, 7) is 1.05. The van der Waals surface area contributed by atoms with Gasteiger partial charge >= 0.3 is 0 Å². The highest BCUT2D eigenvalue weighted by Gasteiger charge is 2.23. The fraction of sp³-hybridized carbons (Fsp3) is 0.417. The molecule has 2 aromatic heterocycles. The SMILES string of the molecule is ClCc1cn(CC2CC2)nc1-c1ccsc1. The lowest BCUT2D eigenvalue weighted by atomic mass is 10.2. The predicted octanol–water partition coefficient (Wildman–Crippen LogP) is 3.76. The molecule has 0 bridgehead atoms. The minimum atomic E-state index is 0.538. The van der Waals surface area contributed by atoms with Gasteiger partial charge in [-0.3, -0.25) is 4.68 Å². The first-order valence-corrected chi connectivity index (χ1v) is 6.99. The number of hydrogen-bond acceptors (Lipinski definition) is 2. The zero-order chi connectivity index (χ0) is 11.0. The van der Waals surface area contributed by atoms with Crippen molar-refractivity contribution < 1.29 is 0 Å². The van der Waals surface area contributed by atoms with Crippen LogP contribution in [0, 0.1) is 5.92 Å². The Morgan fingerprint density at radius 2 is 2.38 bits per heavy atom. The van der Waals surface area contributed by atoms with E-state index in [0.717, 1.165) is 23.7 Å². The average Bonchev–Trinajstić information content (AvgIpc) is 2.83. The van der Waals surface area contributed by atoms with Gasteiger partial charge in [0, 0.05) is 29.2 Å². The highest BCUT2D eigenvalue weighted by molar-refractivity contribution is 7.08. The maximum Gasteiger partial charge on any atom is 0.0975 e. The maximum absolute atomic E-state index is 5.96. The fourth-order valence-electron chi connectivity index (χ4n) is 1.86. The lowest BCUT2D eigenvalue weighted by molar-refractivity contribution is 0.564. The van der Waals surface area contributed by atoms with E-state index in [9.17, 15) is 0 Å². The standard InChI is InChI=1S/C12H13ClN2S/c13-5-11-7-15(6-9-1-2-9)14-12(11)10-3-4-16-8-10/h3-4,7-9H,1-2,5-6H2. The third kappa shape index (κ3) is 2.02. The van der Waals surface area contributed by atoms with Crippen molar-refractivity contribution >= 4 is 22.9 Å². The van der Waals surface area contributed by atoms with Gasteiger partial charge < -0.3 is 0 Å². The minimum absolute atomic E-state index is 0.538. The molecule has 0 amide bonds. The summed E-state index contributed by atoms with van der Waals surface area (Å²) in [6, 6.07) is 2.10. The van der Waals surface area contributed by atoms with E-state index < -0.39 is 0 Å². The summed E-state index contributed by atoms with van der Waals surface area (Å²) in [7, 11) is 0. The average molecular weight is 253 g/mol. The second kappa shape index (κ2) is 4.22. The van der Waals surface area contributed by atoms with Crippen molar-refractivity contribution in [3.05, 3.63) is 28.6 Å². The third-order valence-electron chi connectivity index (χ3n) is 2.92. The molecule has 0 spiro atoms. The summed E-state index contributed by atoms with van der Waals surface area (Å²) in [4.78, 5) is 0. The van der Waals surface area contributed by atoms with E-state index in [-0.39, 0.29) is 0 Å². The topological polar surface area (TPSA) is 17.8 Å². The Bertz CT molecular complexity index is 471. The Morgan fingerprint density at radius 1 is 1.50 bits per heavy atom. The van der Waals surface area contributed by atoms with Crippen LogP contribution in [0.1, 0.15) is 18.4 Å². The van der Waals surface area contributed by atoms with Gasteiger partial charge in [0.15, 0.2) is 0 Å². The highest BCUT2D eigenvalue weighted by Crippen LogP contribution is 2.32. The van der Waals surface area contributed by atoms with Crippen molar-refractivity contribution in [2.75, 3.05) is 0 Å². The van der Waals surface area contributed by atoms with Crippen LogP contribution in [-0.4, -0.2) is 9.78 Å². The van der Waals surface area contributed by atoms with Crippen LogP contribution in [-0.2, 0) is 12.4 Å². The number of alkyl halides is 1. The third-order valence-corrected chi connectivity index (χ3v) is 3.89. The first-order chi connectivity index (χ1) is 7.86. The van der Waals surface area contributed by atoms with Crippen LogP contribution >= 0.6 is 22.9 Å². The lowest BCUT2D eigenvalue weighted by Gasteiger charge is -1.96. The van der Waals surface area contributed by atoms with Crippen molar-refractivity contribution in [1.82, 2.24) is 9.78 Å². The van der Waals surface area contributed by atoms with Crippen molar-refractivity contribution in [2.45, 2.75) is 25.3 Å². The molecule has 2 heterocycles. The molecule has 1 saturated carbocycles. The van der Waals surface area contributed by atoms with Crippen molar-refractivity contribution in [1.29, 1.82) is 0 Å². The Balaban J connectivity index is 1.92. The Hall–Kier alpha value is -0.800. The normalized spacial score (nSPS) is 15.6. The molecule has 0 saturated heterocycles. The van der Waals surface area contributed by atoms with E-state index in [1.54, 1.807) is 11.3 Å². The summed E-state index contributed by atoms with van der Waals surface area (Å²) in [6.07, 6.45) is 4.80. The van der Waals surface area contributed by atoms with Gasteiger partial charge in [0.05, 0.1) is 11.6 Å². The summed E-state index contributed by atoms with van der Waals surface area (Å²) >= 11 is 7.66. The molecule has 3 rings (SSSR count). The Morgan fingerprint density at radius 3 is 3.00 bits per heavy atom. The van der Waals surface area contributed by atoms with E-state index in [4.69, 9.17) is 11.6 Å². The van der Waals surface area contributed by atoms with Gasteiger partial charge in [-0.05, 0) is 30.2 Å². The number of halogens is 1. The molecule has 16 heavy (non-hydrogen) atoms. The molecular weight excluding hydrogens is 240 g/mol. The molecular formula is C12H13ClN2S. The number of thiophene rings is 1. The van der Waals surface area contributed by atoms with E-state index in [0.29, 0.717) is 5.88 Å². The second-order valence-corrected chi connectivity index (χ2v) is 5.36. The first kappa shape index (κ1) is 10.4. The summed E-state index contributed by atoms with van der Waals surface area (Å²) in [5, 5.41) is 8.84. The summed E-state index contributed by atoms with van der Waals surface area (Å²) < 4.78 is 2.06. The molecule has 0 unspecified atom stereocenters. The van der Waals surface area contributed by atoms with Crippen molar-refractivity contribution in [3.8, 4) is 11.3 Å². The van der Waals surface area contributed by atoms with Crippen LogP contribution < -0.4 is 0 Å². The van der Waals surface area contributed by atoms with Crippen LogP contribution in [0.3, 0.4) is 0 Å². The lowest BCUT2D eigenvalue weighted by Crippen LogP contribution is -1.99. The summed E-state index contributed by atoms with van der Waals surface area (Å²) in [5.41, 5.74) is 3.38. The van der Waals surface area contributed by atoms with E-state index in [1.807, 2.05) is 0 Å². The first-order valence-electron chi connectivity index (χ1n) is 5.51. The van der Waals surface area contributed by atoms with Gasteiger partial charge in [-0.15, -0.1) is 11.6 Å². The van der Waals surface area contributed by atoms with Crippen LogP contribution in [0.2, 0.25) is 0 Å². The van der Waals surface area contributed by atoms with Gasteiger partial charge in [0.2, 0.25) is 0 Å². The largest absolute Gasteiger partial charge is 0.272 e. The molecule has 4 heteroatoms. The molecule has 0 aromatic carbocycles. The van der Waals surface area contributed by atoms with E-state index in [1.165, 1.54) is 18.4 Å². The molecule has 1 aliphatic carbocycles.